The number of para-hydroxylation sites is 1. The monoisotopic (exact) mass is 250 g/mol. The molecule has 1 unspecified atom stereocenters. The first-order valence-corrected chi connectivity index (χ1v) is 6.28. The molecule has 3 nitrogen and oxygen atoms in total. The van der Waals surface area contributed by atoms with E-state index in [-0.39, 0.29) is 11.6 Å². The minimum atomic E-state index is -0.517. The standard InChI is InChI=1S/C14H19FN2O/c1-10(2)17-9-8-14(17,3)13(18)16-12-7-5-4-6-11(12)15/h4-7,10H,8-9H2,1-3H3,(H,16,18). The zero-order chi connectivity index (χ0) is 13.3. The van der Waals surface area contributed by atoms with E-state index in [1.54, 1.807) is 18.2 Å². The largest absolute Gasteiger partial charge is 0.322 e. The maximum atomic E-state index is 13.5. The number of benzene rings is 1. The zero-order valence-electron chi connectivity index (χ0n) is 11.0. The van der Waals surface area contributed by atoms with Crippen LogP contribution < -0.4 is 5.32 Å². The number of amides is 1. The predicted molar refractivity (Wildman–Crippen MR) is 69.9 cm³/mol. The molecule has 1 heterocycles. The molecule has 1 aliphatic heterocycles. The van der Waals surface area contributed by atoms with Crippen LogP contribution in [0.4, 0.5) is 10.1 Å². The van der Waals surface area contributed by atoms with Crippen LogP contribution in [-0.4, -0.2) is 28.9 Å². The van der Waals surface area contributed by atoms with Crippen molar-refractivity contribution in [3.63, 3.8) is 0 Å². The average Bonchev–Trinajstić information content (AvgIpc) is 2.28. The Morgan fingerprint density at radius 2 is 2.11 bits per heavy atom. The van der Waals surface area contributed by atoms with Gasteiger partial charge >= 0.3 is 0 Å². The molecule has 0 aliphatic carbocycles. The van der Waals surface area contributed by atoms with E-state index < -0.39 is 11.4 Å². The topological polar surface area (TPSA) is 32.3 Å². The molecular formula is C14H19FN2O. The maximum Gasteiger partial charge on any atom is 0.244 e. The fourth-order valence-corrected chi connectivity index (χ4v) is 2.47. The van der Waals surface area contributed by atoms with Crippen molar-refractivity contribution in [2.75, 3.05) is 11.9 Å². The Morgan fingerprint density at radius 3 is 2.61 bits per heavy atom. The van der Waals surface area contributed by atoms with Gasteiger partial charge in [0.05, 0.1) is 11.2 Å². The summed E-state index contributed by atoms with van der Waals surface area (Å²) in [6.07, 6.45) is 0.811. The fourth-order valence-electron chi connectivity index (χ4n) is 2.47. The number of likely N-dealkylation sites (tertiary alicyclic amines) is 1. The summed E-state index contributed by atoms with van der Waals surface area (Å²) in [5, 5.41) is 2.68. The summed E-state index contributed by atoms with van der Waals surface area (Å²) >= 11 is 0. The number of halogens is 1. The number of anilines is 1. The Balaban J connectivity index is 2.11. The molecule has 18 heavy (non-hydrogen) atoms. The second-order valence-electron chi connectivity index (χ2n) is 5.24. The molecule has 1 N–H and O–H groups in total. The summed E-state index contributed by atoms with van der Waals surface area (Å²) in [5.41, 5.74) is -0.268. The molecule has 98 valence electrons. The number of rotatable bonds is 3. The van der Waals surface area contributed by atoms with Gasteiger partial charge in [0.15, 0.2) is 0 Å². The lowest BCUT2D eigenvalue weighted by molar-refractivity contribution is -0.138. The zero-order valence-corrected chi connectivity index (χ0v) is 11.0. The smallest absolute Gasteiger partial charge is 0.244 e. The molecule has 4 heteroatoms. The first kappa shape index (κ1) is 13.0. The van der Waals surface area contributed by atoms with Crippen LogP contribution in [0.1, 0.15) is 27.2 Å². The van der Waals surface area contributed by atoms with Crippen LogP contribution in [0, 0.1) is 5.82 Å². The van der Waals surface area contributed by atoms with Gasteiger partial charge in [0.1, 0.15) is 5.82 Å². The van der Waals surface area contributed by atoms with Crippen molar-refractivity contribution in [1.29, 1.82) is 0 Å². The van der Waals surface area contributed by atoms with Gasteiger partial charge in [-0.15, -0.1) is 0 Å². The molecule has 0 aromatic heterocycles. The van der Waals surface area contributed by atoms with Crippen molar-refractivity contribution >= 4 is 11.6 Å². The molecule has 0 spiro atoms. The van der Waals surface area contributed by atoms with Crippen molar-refractivity contribution in [2.24, 2.45) is 0 Å². The maximum absolute atomic E-state index is 13.5. The fraction of sp³-hybridized carbons (Fsp3) is 0.500. The van der Waals surface area contributed by atoms with E-state index in [0.29, 0.717) is 6.04 Å². The SMILES string of the molecule is CC(C)N1CCC1(C)C(=O)Nc1ccccc1F. The summed E-state index contributed by atoms with van der Waals surface area (Å²) in [5.74, 6) is -0.530. The number of carbonyl (C=O) groups excluding carboxylic acids is 1. The Bertz CT molecular complexity index is 461. The van der Waals surface area contributed by atoms with Gasteiger partial charge in [0.2, 0.25) is 5.91 Å². The third-order valence-corrected chi connectivity index (χ3v) is 3.71. The Labute approximate surface area is 107 Å². The Hall–Kier alpha value is -1.42. The van der Waals surface area contributed by atoms with Gasteiger partial charge in [-0.25, -0.2) is 4.39 Å². The van der Waals surface area contributed by atoms with Crippen LogP contribution in [-0.2, 0) is 4.79 Å². The highest BCUT2D eigenvalue weighted by Gasteiger charge is 2.47. The summed E-state index contributed by atoms with van der Waals surface area (Å²) in [4.78, 5) is 14.4. The van der Waals surface area contributed by atoms with Gasteiger partial charge < -0.3 is 5.32 Å². The summed E-state index contributed by atoms with van der Waals surface area (Å²) in [7, 11) is 0. The lowest BCUT2D eigenvalue weighted by Crippen LogP contribution is -2.66. The molecule has 1 atom stereocenters. The number of hydrogen-bond acceptors (Lipinski definition) is 2. The summed E-state index contributed by atoms with van der Waals surface area (Å²) in [6, 6.07) is 6.56. The Kier molecular flexibility index (Phi) is 3.39. The highest BCUT2D eigenvalue weighted by molar-refractivity contribution is 5.98. The number of hydrogen-bond donors (Lipinski definition) is 1. The van der Waals surface area contributed by atoms with E-state index in [4.69, 9.17) is 0 Å². The molecule has 1 amide bonds. The predicted octanol–water partition coefficient (Wildman–Crippen LogP) is 2.64. The van der Waals surface area contributed by atoms with E-state index in [2.05, 4.69) is 24.1 Å². The molecule has 1 fully saturated rings. The van der Waals surface area contributed by atoms with Crippen molar-refractivity contribution in [2.45, 2.75) is 38.8 Å². The minimum Gasteiger partial charge on any atom is -0.322 e. The molecule has 0 bridgehead atoms. The average molecular weight is 250 g/mol. The van der Waals surface area contributed by atoms with E-state index in [1.165, 1.54) is 6.07 Å². The van der Waals surface area contributed by atoms with Crippen molar-refractivity contribution in [3.8, 4) is 0 Å². The third-order valence-electron chi connectivity index (χ3n) is 3.71. The van der Waals surface area contributed by atoms with Gasteiger partial charge in [-0.05, 0) is 39.3 Å². The van der Waals surface area contributed by atoms with Gasteiger partial charge in [-0.1, -0.05) is 12.1 Å². The lowest BCUT2D eigenvalue weighted by atomic mass is 9.84. The molecule has 1 aromatic carbocycles. The number of carbonyl (C=O) groups is 1. The quantitative estimate of drug-likeness (QED) is 0.894. The number of nitrogens with one attached hydrogen (secondary N) is 1. The van der Waals surface area contributed by atoms with Crippen LogP contribution in [0.3, 0.4) is 0 Å². The molecule has 2 rings (SSSR count). The van der Waals surface area contributed by atoms with Crippen molar-refractivity contribution in [1.82, 2.24) is 4.90 Å². The molecule has 1 aliphatic rings. The minimum absolute atomic E-state index is 0.132. The molecule has 1 aromatic rings. The van der Waals surface area contributed by atoms with Gasteiger partial charge in [-0.3, -0.25) is 9.69 Å². The van der Waals surface area contributed by atoms with Gasteiger partial charge in [-0.2, -0.15) is 0 Å². The third kappa shape index (κ3) is 2.12. The van der Waals surface area contributed by atoms with Gasteiger partial charge in [0, 0.05) is 12.6 Å². The van der Waals surface area contributed by atoms with Crippen molar-refractivity contribution < 1.29 is 9.18 Å². The van der Waals surface area contributed by atoms with Crippen LogP contribution >= 0.6 is 0 Å². The van der Waals surface area contributed by atoms with E-state index >= 15 is 0 Å². The first-order valence-electron chi connectivity index (χ1n) is 6.28. The summed E-state index contributed by atoms with van der Waals surface area (Å²) in [6.45, 7) is 6.95. The van der Waals surface area contributed by atoms with E-state index in [0.717, 1.165) is 13.0 Å². The van der Waals surface area contributed by atoms with Crippen LogP contribution in [0.25, 0.3) is 0 Å². The van der Waals surface area contributed by atoms with Crippen LogP contribution in [0.2, 0.25) is 0 Å². The van der Waals surface area contributed by atoms with E-state index in [1.807, 2.05) is 6.92 Å². The van der Waals surface area contributed by atoms with Crippen LogP contribution in [0.5, 0.6) is 0 Å². The molecule has 0 saturated carbocycles. The summed E-state index contributed by atoms with van der Waals surface area (Å²) < 4.78 is 13.5. The Morgan fingerprint density at radius 1 is 1.44 bits per heavy atom. The lowest BCUT2D eigenvalue weighted by Gasteiger charge is -2.51. The highest BCUT2D eigenvalue weighted by atomic mass is 19.1. The highest BCUT2D eigenvalue weighted by Crippen LogP contribution is 2.33. The number of nitrogens with zero attached hydrogens (tertiary/aromatic N) is 1. The van der Waals surface area contributed by atoms with E-state index in [9.17, 15) is 9.18 Å². The van der Waals surface area contributed by atoms with Gasteiger partial charge in [0.25, 0.3) is 0 Å². The van der Waals surface area contributed by atoms with Crippen LogP contribution in [0.15, 0.2) is 24.3 Å². The normalized spacial score (nSPS) is 23.8. The molecule has 0 radical (unpaired) electrons. The second-order valence-corrected chi connectivity index (χ2v) is 5.24. The second kappa shape index (κ2) is 4.69. The molecule has 1 saturated heterocycles. The molecular weight excluding hydrogens is 231 g/mol. The van der Waals surface area contributed by atoms with Crippen molar-refractivity contribution in [3.05, 3.63) is 30.1 Å². The first-order chi connectivity index (χ1) is 8.45.